The first kappa shape index (κ1) is 12.8. The number of hydrogen-bond donors (Lipinski definition) is 2. The number of nitrogens with two attached hydrogens (primary N) is 1. The molecule has 0 aliphatic carbocycles. The van der Waals surface area contributed by atoms with Crippen LogP contribution in [0.2, 0.25) is 5.02 Å². The molecule has 0 bridgehead atoms. The average molecular weight is 241 g/mol. The van der Waals surface area contributed by atoms with Crippen LogP contribution in [0.5, 0.6) is 0 Å². The number of amides is 1. The van der Waals surface area contributed by atoms with Gasteiger partial charge in [-0.1, -0.05) is 24.9 Å². The molecular weight excluding hydrogens is 224 g/mol. The van der Waals surface area contributed by atoms with Gasteiger partial charge in [-0.25, -0.2) is 0 Å². The van der Waals surface area contributed by atoms with Gasteiger partial charge in [-0.2, -0.15) is 0 Å². The molecule has 0 aromatic heterocycles. The second kappa shape index (κ2) is 5.75. The third-order valence-corrected chi connectivity index (χ3v) is 2.63. The molecule has 1 aromatic carbocycles. The molecule has 0 atom stereocenters. The normalized spacial score (nSPS) is 10.2. The number of rotatable bonds is 4. The van der Waals surface area contributed by atoms with Crippen molar-refractivity contribution in [3.05, 3.63) is 22.7 Å². The van der Waals surface area contributed by atoms with Gasteiger partial charge in [0, 0.05) is 12.1 Å². The lowest BCUT2D eigenvalue weighted by Gasteiger charge is -2.11. The largest absolute Gasteiger partial charge is 0.399 e. The monoisotopic (exact) mass is 240 g/mol. The standard InChI is InChI=1S/C12H17ClN2O/c1-3-4-5-11(16)15-12-8(2)6-9(14)7-10(12)13/h6-7H,3-5,14H2,1-2H3,(H,15,16). The summed E-state index contributed by atoms with van der Waals surface area (Å²) in [5.74, 6) is -0.00313. The van der Waals surface area contributed by atoms with Crippen molar-refractivity contribution in [2.75, 3.05) is 11.1 Å². The van der Waals surface area contributed by atoms with Gasteiger partial charge in [-0.3, -0.25) is 4.79 Å². The van der Waals surface area contributed by atoms with E-state index in [4.69, 9.17) is 17.3 Å². The van der Waals surface area contributed by atoms with Crippen molar-refractivity contribution in [3.8, 4) is 0 Å². The molecule has 16 heavy (non-hydrogen) atoms. The fourth-order valence-electron chi connectivity index (χ4n) is 1.47. The van der Waals surface area contributed by atoms with Crippen molar-refractivity contribution in [1.82, 2.24) is 0 Å². The highest BCUT2D eigenvalue weighted by Crippen LogP contribution is 2.28. The molecule has 3 nitrogen and oxygen atoms in total. The number of nitrogens with one attached hydrogen (secondary N) is 1. The van der Waals surface area contributed by atoms with Crippen LogP contribution < -0.4 is 11.1 Å². The maximum Gasteiger partial charge on any atom is 0.224 e. The maximum atomic E-state index is 11.6. The van der Waals surface area contributed by atoms with Crippen LogP contribution in [0.15, 0.2) is 12.1 Å². The molecule has 0 fully saturated rings. The van der Waals surface area contributed by atoms with E-state index in [-0.39, 0.29) is 5.91 Å². The summed E-state index contributed by atoms with van der Waals surface area (Å²) in [4.78, 5) is 11.6. The van der Waals surface area contributed by atoms with Gasteiger partial charge in [0.1, 0.15) is 0 Å². The molecule has 0 radical (unpaired) electrons. The molecule has 4 heteroatoms. The quantitative estimate of drug-likeness (QED) is 0.793. The molecule has 0 saturated heterocycles. The minimum atomic E-state index is -0.00313. The van der Waals surface area contributed by atoms with Gasteiger partial charge >= 0.3 is 0 Å². The van der Waals surface area contributed by atoms with Crippen molar-refractivity contribution >= 4 is 28.9 Å². The van der Waals surface area contributed by atoms with E-state index >= 15 is 0 Å². The summed E-state index contributed by atoms with van der Waals surface area (Å²) in [6.45, 7) is 3.92. The van der Waals surface area contributed by atoms with Crippen LogP contribution in [0.3, 0.4) is 0 Å². The molecule has 1 rings (SSSR count). The highest BCUT2D eigenvalue weighted by Gasteiger charge is 2.08. The lowest BCUT2D eigenvalue weighted by atomic mass is 10.1. The SMILES string of the molecule is CCCCC(=O)Nc1c(C)cc(N)cc1Cl. The van der Waals surface area contributed by atoms with Gasteiger partial charge in [-0.15, -0.1) is 0 Å². The highest BCUT2D eigenvalue weighted by atomic mass is 35.5. The number of unbranched alkanes of at least 4 members (excludes halogenated alkanes) is 1. The highest BCUT2D eigenvalue weighted by molar-refractivity contribution is 6.34. The van der Waals surface area contributed by atoms with E-state index in [0.29, 0.717) is 22.8 Å². The molecular formula is C12H17ClN2O. The van der Waals surface area contributed by atoms with E-state index in [1.165, 1.54) is 0 Å². The zero-order valence-corrected chi connectivity index (χ0v) is 10.4. The zero-order chi connectivity index (χ0) is 12.1. The Labute approximate surface area is 101 Å². The van der Waals surface area contributed by atoms with Crippen molar-refractivity contribution in [2.24, 2.45) is 0 Å². The first-order valence-electron chi connectivity index (χ1n) is 5.40. The third kappa shape index (κ3) is 3.42. The summed E-state index contributed by atoms with van der Waals surface area (Å²) in [6.07, 6.45) is 2.41. The number of anilines is 2. The second-order valence-corrected chi connectivity index (χ2v) is 4.25. The Morgan fingerprint density at radius 2 is 2.19 bits per heavy atom. The van der Waals surface area contributed by atoms with E-state index in [0.717, 1.165) is 18.4 Å². The predicted octanol–water partition coefficient (Wildman–Crippen LogP) is 3.36. The van der Waals surface area contributed by atoms with E-state index in [1.54, 1.807) is 12.1 Å². The second-order valence-electron chi connectivity index (χ2n) is 3.85. The minimum Gasteiger partial charge on any atom is -0.399 e. The van der Waals surface area contributed by atoms with Gasteiger partial charge in [0.05, 0.1) is 10.7 Å². The fraction of sp³-hybridized carbons (Fsp3) is 0.417. The van der Waals surface area contributed by atoms with Crippen molar-refractivity contribution in [1.29, 1.82) is 0 Å². The van der Waals surface area contributed by atoms with Crippen LogP contribution in [-0.2, 0) is 4.79 Å². The van der Waals surface area contributed by atoms with Crippen LogP contribution >= 0.6 is 11.6 Å². The molecule has 88 valence electrons. The maximum absolute atomic E-state index is 11.6. The topological polar surface area (TPSA) is 55.1 Å². The predicted molar refractivity (Wildman–Crippen MR) is 68.8 cm³/mol. The van der Waals surface area contributed by atoms with E-state index in [9.17, 15) is 4.79 Å². The van der Waals surface area contributed by atoms with E-state index in [2.05, 4.69) is 12.2 Å². The Bertz CT molecular complexity index is 368. The van der Waals surface area contributed by atoms with E-state index < -0.39 is 0 Å². The molecule has 1 aromatic rings. The first-order chi connectivity index (χ1) is 7.54. The summed E-state index contributed by atoms with van der Waals surface area (Å²) < 4.78 is 0. The summed E-state index contributed by atoms with van der Waals surface area (Å²) >= 11 is 6.02. The number of carbonyl (C=O) groups is 1. The molecule has 0 unspecified atom stereocenters. The van der Waals surface area contributed by atoms with Gasteiger partial charge in [0.2, 0.25) is 5.91 Å². The van der Waals surface area contributed by atoms with E-state index in [1.807, 2.05) is 6.92 Å². The smallest absolute Gasteiger partial charge is 0.224 e. The van der Waals surface area contributed by atoms with Crippen LogP contribution in [0.4, 0.5) is 11.4 Å². The summed E-state index contributed by atoms with van der Waals surface area (Å²) in [7, 11) is 0. The minimum absolute atomic E-state index is 0.00313. The molecule has 1 amide bonds. The summed E-state index contributed by atoms with van der Waals surface area (Å²) in [5.41, 5.74) is 7.80. The van der Waals surface area contributed by atoms with Gasteiger partial charge in [0.15, 0.2) is 0 Å². The average Bonchev–Trinajstić information content (AvgIpc) is 2.20. The molecule has 0 aliphatic heterocycles. The number of benzene rings is 1. The van der Waals surface area contributed by atoms with Crippen LogP contribution in [0.1, 0.15) is 31.7 Å². The number of halogens is 1. The molecule has 0 saturated carbocycles. The number of hydrogen-bond acceptors (Lipinski definition) is 2. The lowest BCUT2D eigenvalue weighted by Crippen LogP contribution is -2.12. The van der Waals surface area contributed by atoms with Crippen LogP contribution in [-0.4, -0.2) is 5.91 Å². The molecule has 0 heterocycles. The van der Waals surface area contributed by atoms with Crippen LogP contribution in [0.25, 0.3) is 0 Å². The van der Waals surface area contributed by atoms with Gasteiger partial charge in [0.25, 0.3) is 0 Å². The lowest BCUT2D eigenvalue weighted by molar-refractivity contribution is -0.116. The first-order valence-corrected chi connectivity index (χ1v) is 5.78. The summed E-state index contributed by atoms with van der Waals surface area (Å²) in [5, 5.41) is 3.30. The summed E-state index contributed by atoms with van der Waals surface area (Å²) in [6, 6.07) is 3.44. The third-order valence-electron chi connectivity index (χ3n) is 2.33. The Kier molecular flexibility index (Phi) is 4.62. The zero-order valence-electron chi connectivity index (χ0n) is 9.64. The molecule has 0 spiro atoms. The number of nitrogen functional groups attached to an aromatic ring is 1. The fourth-order valence-corrected chi connectivity index (χ4v) is 1.79. The Morgan fingerprint density at radius 1 is 1.50 bits per heavy atom. The Balaban J connectivity index is 2.77. The van der Waals surface area contributed by atoms with Gasteiger partial charge < -0.3 is 11.1 Å². The van der Waals surface area contributed by atoms with Crippen molar-refractivity contribution < 1.29 is 4.79 Å². The number of aryl methyl sites for hydroxylation is 1. The Hall–Kier alpha value is -1.22. The molecule has 0 aliphatic rings. The molecule has 3 N–H and O–H groups in total. The van der Waals surface area contributed by atoms with Gasteiger partial charge in [-0.05, 0) is 31.0 Å². The van der Waals surface area contributed by atoms with Crippen molar-refractivity contribution in [2.45, 2.75) is 33.1 Å². The van der Waals surface area contributed by atoms with Crippen molar-refractivity contribution in [3.63, 3.8) is 0 Å². The Morgan fingerprint density at radius 3 is 2.75 bits per heavy atom. The van der Waals surface area contributed by atoms with Crippen LogP contribution in [0, 0.1) is 6.92 Å². The number of carbonyl (C=O) groups excluding carboxylic acids is 1.